The summed E-state index contributed by atoms with van der Waals surface area (Å²) >= 11 is 0. The number of imidazole rings is 1. The number of rotatable bonds is 4. The predicted octanol–water partition coefficient (Wildman–Crippen LogP) is 2.51. The number of H-pyrrole nitrogens is 1. The predicted molar refractivity (Wildman–Crippen MR) is 96.0 cm³/mol. The monoisotopic (exact) mass is 368 g/mol. The number of nitrogens with zero attached hydrogens (tertiary/aromatic N) is 3. The fraction of sp³-hybridized carbons (Fsp3) is 0.222. The normalized spacial score (nSPS) is 12.8. The summed E-state index contributed by atoms with van der Waals surface area (Å²) in [5.74, 6) is 0.683. The molecule has 0 fully saturated rings. The lowest BCUT2D eigenvalue weighted by Gasteiger charge is -2.20. The van der Waals surface area contributed by atoms with Crippen molar-refractivity contribution >= 4 is 22.6 Å². The summed E-state index contributed by atoms with van der Waals surface area (Å²) in [5, 5.41) is 11.4. The lowest BCUT2D eigenvalue weighted by molar-refractivity contribution is -0.385. The Morgan fingerprint density at radius 3 is 2.67 bits per heavy atom. The van der Waals surface area contributed by atoms with Gasteiger partial charge in [0.15, 0.2) is 11.5 Å². The third kappa shape index (κ3) is 3.14. The number of nitrogens with one attached hydrogen (secondary N) is 1. The van der Waals surface area contributed by atoms with Gasteiger partial charge in [0, 0.05) is 13.1 Å². The van der Waals surface area contributed by atoms with Crippen LogP contribution in [0.4, 0.5) is 5.69 Å². The van der Waals surface area contributed by atoms with E-state index in [-0.39, 0.29) is 23.5 Å². The molecule has 9 heteroatoms. The third-order valence-electron chi connectivity index (χ3n) is 4.26. The highest BCUT2D eigenvalue weighted by Gasteiger charge is 2.28. The molecule has 0 saturated heterocycles. The van der Waals surface area contributed by atoms with E-state index in [2.05, 4.69) is 9.97 Å². The molecule has 1 amide bonds. The fourth-order valence-electron chi connectivity index (χ4n) is 2.98. The maximum absolute atomic E-state index is 12.9. The molecule has 1 aliphatic heterocycles. The van der Waals surface area contributed by atoms with Gasteiger partial charge < -0.3 is 19.4 Å². The van der Waals surface area contributed by atoms with Crippen molar-refractivity contribution in [2.24, 2.45) is 0 Å². The van der Waals surface area contributed by atoms with Gasteiger partial charge in [-0.3, -0.25) is 14.9 Å². The van der Waals surface area contributed by atoms with E-state index < -0.39 is 10.8 Å². The average molecular weight is 368 g/mol. The van der Waals surface area contributed by atoms with Crippen LogP contribution in [0.25, 0.3) is 11.0 Å². The fourth-order valence-corrected chi connectivity index (χ4v) is 2.98. The number of carbonyl (C=O) groups is 1. The molecule has 0 saturated carbocycles. The maximum Gasteiger partial charge on any atom is 0.286 e. The molecule has 1 N–H and O–H groups in total. The number of nitro benzene ring substituents is 1. The molecular formula is C18H16N4O5. The Kier molecular flexibility index (Phi) is 4.11. The lowest BCUT2D eigenvalue weighted by atomic mass is 10.1. The minimum Gasteiger partial charge on any atom is -0.486 e. The number of aromatic nitrogens is 2. The summed E-state index contributed by atoms with van der Waals surface area (Å²) in [4.78, 5) is 32.6. The highest BCUT2D eigenvalue weighted by atomic mass is 16.6. The van der Waals surface area contributed by atoms with Crippen LogP contribution < -0.4 is 9.47 Å². The molecule has 0 spiro atoms. The second-order valence-corrected chi connectivity index (χ2v) is 6.13. The Hall–Kier alpha value is -3.62. The molecule has 1 aliphatic rings. The van der Waals surface area contributed by atoms with E-state index in [0.717, 1.165) is 11.0 Å². The Morgan fingerprint density at radius 2 is 1.96 bits per heavy atom. The van der Waals surface area contributed by atoms with Crippen LogP contribution in [0, 0.1) is 10.1 Å². The van der Waals surface area contributed by atoms with Gasteiger partial charge in [0.05, 0.1) is 28.6 Å². The first-order valence-corrected chi connectivity index (χ1v) is 8.30. The summed E-state index contributed by atoms with van der Waals surface area (Å²) < 4.78 is 10.8. The standard InChI is InChI=1S/C18H16N4O5/c1-21(10-17-19-12-4-2-3-5-13(12)20-17)18(23)11-8-15-16(27-7-6-26-15)9-14(11)22(24)25/h2-5,8-9H,6-7,10H2,1H3,(H,19,20). The van der Waals surface area contributed by atoms with Crippen molar-refractivity contribution in [1.29, 1.82) is 0 Å². The van der Waals surface area contributed by atoms with Crippen LogP contribution in [0.15, 0.2) is 36.4 Å². The Labute approximate surface area is 153 Å². The molecule has 2 heterocycles. The second-order valence-electron chi connectivity index (χ2n) is 6.13. The van der Waals surface area contributed by atoms with Gasteiger partial charge in [0.2, 0.25) is 0 Å². The molecule has 138 valence electrons. The first-order chi connectivity index (χ1) is 13.0. The SMILES string of the molecule is CN(Cc1nc2ccccc2[nH]1)C(=O)c1cc2c(cc1[N+](=O)[O-])OCCO2. The molecule has 4 rings (SSSR count). The molecule has 2 aromatic carbocycles. The number of benzene rings is 2. The summed E-state index contributed by atoms with van der Waals surface area (Å²) in [7, 11) is 1.57. The Bertz CT molecular complexity index is 1010. The molecule has 1 aromatic heterocycles. The van der Waals surface area contributed by atoms with Crippen molar-refractivity contribution in [2.45, 2.75) is 6.54 Å². The molecule has 0 bridgehead atoms. The highest BCUT2D eigenvalue weighted by molar-refractivity contribution is 5.99. The molecule has 27 heavy (non-hydrogen) atoms. The highest BCUT2D eigenvalue weighted by Crippen LogP contribution is 2.37. The van der Waals surface area contributed by atoms with Gasteiger partial charge in [0.25, 0.3) is 11.6 Å². The number of ether oxygens (including phenoxy) is 2. The van der Waals surface area contributed by atoms with E-state index in [4.69, 9.17) is 9.47 Å². The lowest BCUT2D eigenvalue weighted by Crippen LogP contribution is -2.28. The number of carbonyl (C=O) groups excluding carboxylic acids is 1. The van der Waals surface area contributed by atoms with Crippen LogP contribution in [0.2, 0.25) is 0 Å². The Balaban J connectivity index is 1.63. The molecule has 0 radical (unpaired) electrons. The van der Waals surface area contributed by atoms with E-state index in [1.54, 1.807) is 7.05 Å². The van der Waals surface area contributed by atoms with Gasteiger partial charge in [0.1, 0.15) is 24.6 Å². The van der Waals surface area contributed by atoms with Gasteiger partial charge in [-0.1, -0.05) is 12.1 Å². The van der Waals surface area contributed by atoms with Crippen molar-refractivity contribution in [3.05, 3.63) is 57.9 Å². The van der Waals surface area contributed by atoms with Crippen molar-refractivity contribution in [3.63, 3.8) is 0 Å². The van der Waals surface area contributed by atoms with Crippen molar-refractivity contribution < 1.29 is 19.2 Å². The zero-order valence-electron chi connectivity index (χ0n) is 14.5. The molecule has 0 unspecified atom stereocenters. The van der Waals surface area contributed by atoms with Gasteiger partial charge in [-0.2, -0.15) is 0 Å². The van der Waals surface area contributed by atoms with Crippen LogP contribution in [-0.2, 0) is 6.54 Å². The van der Waals surface area contributed by atoms with Crippen molar-refractivity contribution in [1.82, 2.24) is 14.9 Å². The third-order valence-corrected chi connectivity index (χ3v) is 4.26. The zero-order chi connectivity index (χ0) is 19.0. The summed E-state index contributed by atoms with van der Waals surface area (Å²) in [6.45, 7) is 0.815. The average Bonchev–Trinajstić information content (AvgIpc) is 3.08. The van der Waals surface area contributed by atoms with E-state index >= 15 is 0 Å². The topological polar surface area (TPSA) is 111 Å². The number of hydrogen-bond donors (Lipinski definition) is 1. The van der Waals surface area contributed by atoms with Crippen LogP contribution in [0.1, 0.15) is 16.2 Å². The Morgan fingerprint density at radius 1 is 1.26 bits per heavy atom. The number of para-hydroxylation sites is 2. The molecule has 9 nitrogen and oxygen atoms in total. The van der Waals surface area contributed by atoms with Gasteiger partial charge in [-0.05, 0) is 12.1 Å². The minimum atomic E-state index is -0.597. The van der Waals surface area contributed by atoms with E-state index in [1.165, 1.54) is 17.0 Å². The zero-order valence-corrected chi connectivity index (χ0v) is 14.5. The van der Waals surface area contributed by atoms with Crippen LogP contribution in [0.3, 0.4) is 0 Å². The number of hydrogen-bond acceptors (Lipinski definition) is 6. The first-order valence-electron chi connectivity index (χ1n) is 8.30. The number of amides is 1. The van der Waals surface area contributed by atoms with Crippen LogP contribution in [0.5, 0.6) is 11.5 Å². The summed E-state index contributed by atoms with van der Waals surface area (Å²) in [5.41, 5.74) is 1.28. The van der Waals surface area contributed by atoms with Crippen LogP contribution in [-0.4, -0.2) is 46.0 Å². The van der Waals surface area contributed by atoms with E-state index in [1.807, 2.05) is 24.3 Å². The van der Waals surface area contributed by atoms with E-state index in [9.17, 15) is 14.9 Å². The van der Waals surface area contributed by atoms with Crippen molar-refractivity contribution in [2.75, 3.05) is 20.3 Å². The van der Waals surface area contributed by atoms with Gasteiger partial charge >= 0.3 is 0 Å². The van der Waals surface area contributed by atoms with Gasteiger partial charge in [-0.25, -0.2) is 4.98 Å². The second kappa shape index (κ2) is 6.60. The van der Waals surface area contributed by atoms with Crippen molar-refractivity contribution in [3.8, 4) is 11.5 Å². The minimum absolute atomic E-state index is 0.0529. The molecule has 0 atom stereocenters. The quantitative estimate of drug-likeness (QED) is 0.560. The summed E-state index contributed by atoms with van der Waals surface area (Å²) in [6.07, 6.45) is 0. The first kappa shape index (κ1) is 16.8. The van der Waals surface area contributed by atoms with E-state index in [0.29, 0.717) is 24.8 Å². The summed E-state index contributed by atoms with van der Waals surface area (Å²) in [6, 6.07) is 10.1. The molecule has 0 aliphatic carbocycles. The van der Waals surface area contributed by atoms with Gasteiger partial charge in [-0.15, -0.1) is 0 Å². The number of fused-ring (bicyclic) bond motifs is 2. The maximum atomic E-state index is 12.9. The smallest absolute Gasteiger partial charge is 0.286 e. The number of aromatic amines is 1. The molecular weight excluding hydrogens is 352 g/mol. The molecule has 3 aromatic rings. The number of nitro groups is 1. The largest absolute Gasteiger partial charge is 0.486 e. The van der Waals surface area contributed by atoms with Crippen LogP contribution >= 0.6 is 0 Å².